The van der Waals surface area contributed by atoms with E-state index in [1.165, 1.54) is 11.8 Å². The minimum absolute atomic E-state index is 0.0749. The van der Waals surface area contributed by atoms with Gasteiger partial charge in [0.1, 0.15) is 5.03 Å². The molecule has 9 heteroatoms. The molecule has 2 aromatic rings. The number of rotatable bonds is 4. The lowest BCUT2D eigenvalue weighted by atomic mass is 10.1. The van der Waals surface area contributed by atoms with Gasteiger partial charge in [0.05, 0.1) is 28.5 Å². The highest BCUT2D eigenvalue weighted by atomic mass is 35.5. The summed E-state index contributed by atoms with van der Waals surface area (Å²) >= 11 is 7.28. The SMILES string of the molecule is CCOC(=O)N[C@@H]1Cc2ccccc2[C@H]1Sc1ncc(C(F)(F)F)cc1Cl. The average Bonchev–Trinajstić information content (AvgIpc) is 2.93. The number of carbonyl (C=O) groups excluding carboxylic acids is 1. The van der Waals surface area contributed by atoms with Crippen LogP contribution in [0.5, 0.6) is 0 Å². The third-order valence-electron chi connectivity index (χ3n) is 4.12. The minimum atomic E-state index is -4.51. The van der Waals surface area contributed by atoms with Crippen molar-refractivity contribution in [2.24, 2.45) is 0 Å². The summed E-state index contributed by atoms with van der Waals surface area (Å²) in [6.07, 6.45) is -3.69. The Bertz CT molecular complexity index is 848. The molecule has 2 atom stereocenters. The molecule has 0 bridgehead atoms. The van der Waals surface area contributed by atoms with Crippen LogP contribution in [0.3, 0.4) is 0 Å². The van der Waals surface area contributed by atoms with Crippen LogP contribution >= 0.6 is 23.4 Å². The van der Waals surface area contributed by atoms with Crippen molar-refractivity contribution >= 4 is 29.5 Å². The van der Waals surface area contributed by atoms with Gasteiger partial charge in [-0.05, 0) is 30.5 Å². The number of carbonyl (C=O) groups is 1. The second kappa shape index (κ2) is 7.98. The molecule has 144 valence electrons. The predicted octanol–water partition coefficient (Wildman–Crippen LogP) is 5.26. The first kappa shape index (κ1) is 19.8. The molecule has 1 amide bonds. The van der Waals surface area contributed by atoms with Gasteiger partial charge >= 0.3 is 12.3 Å². The maximum Gasteiger partial charge on any atom is 0.417 e. The molecule has 1 aliphatic carbocycles. The fourth-order valence-corrected chi connectivity index (χ4v) is 4.45. The maximum atomic E-state index is 12.8. The van der Waals surface area contributed by atoms with Gasteiger partial charge in [0, 0.05) is 6.20 Å². The molecule has 0 spiro atoms. The molecule has 0 unspecified atom stereocenters. The van der Waals surface area contributed by atoms with Crippen LogP contribution in [0.2, 0.25) is 5.02 Å². The van der Waals surface area contributed by atoms with Crippen LogP contribution in [0, 0.1) is 0 Å². The number of hydrogen-bond donors (Lipinski definition) is 1. The van der Waals surface area contributed by atoms with Gasteiger partial charge < -0.3 is 10.1 Å². The van der Waals surface area contributed by atoms with Gasteiger partial charge in [-0.3, -0.25) is 0 Å². The largest absolute Gasteiger partial charge is 0.450 e. The summed E-state index contributed by atoms with van der Waals surface area (Å²) in [5.41, 5.74) is 1.15. The van der Waals surface area contributed by atoms with Crippen LogP contribution in [0.4, 0.5) is 18.0 Å². The second-order valence-electron chi connectivity index (χ2n) is 5.92. The molecule has 3 rings (SSSR count). The molecular formula is C18H16ClF3N2O2S. The Balaban J connectivity index is 1.86. The number of nitrogens with one attached hydrogen (secondary N) is 1. The number of hydrogen-bond acceptors (Lipinski definition) is 4. The molecule has 0 saturated heterocycles. The zero-order chi connectivity index (χ0) is 19.6. The van der Waals surface area contributed by atoms with E-state index in [1.807, 2.05) is 24.3 Å². The Kier molecular flexibility index (Phi) is 5.86. The van der Waals surface area contributed by atoms with Crippen molar-refractivity contribution in [2.75, 3.05) is 6.61 Å². The van der Waals surface area contributed by atoms with E-state index in [4.69, 9.17) is 16.3 Å². The van der Waals surface area contributed by atoms with Crippen molar-refractivity contribution in [2.45, 2.75) is 35.8 Å². The number of amides is 1. The molecule has 1 heterocycles. The molecule has 1 aliphatic rings. The number of alkyl halides is 3. The van der Waals surface area contributed by atoms with Gasteiger partial charge in [0.2, 0.25) is 0 Å². The van der Waals surface area contributed by atoms with Crippen molar-refractivity contribution in [3.63, 3.8) is 0 Å². The highest BCUT2D eigenvalue weighted by Gasteiger charge is 2.36. The zero-order valence-electron chi connectivity index (χ0n) is 14.2. The van der Waals surface area contributed by atoms with Crippen molar-refractivity contribution in [3.8, 4) is 0 Å². The van der Waals surface area contributed by atoms with E-state index < -0.39 is 17.8 Å². The van der Waals surface area contributed by atoms with E-state index in [0.29, 0.717) is 6.42 Å². The van der Waals surface area contributed by atoms with Gasteiger partial charge in [-0.2, -0.15) is 13.2 Å². The summed E-state index contributed by atoms with van der Waals surface area (Å²) in [6, 6.07) is 8.24. The third kappa shape index (κ3) is 4.50. The average molecular weight is 417 g/mol. The fraction of sp³-hybridized carbons (Fsp3) is 0.333. The highest BCUT2D eigenvalue weighted by molar-refractivity contribution is 7.99. The van der Waals surface area contributed by atoms with E-state index >= 15 is 0 Å². The Morgan fingerprint density at radius 1 is 1.41 bits per heavy atom. The summed E-state index contributed by atoms with van der Waals surface area (Å²) in [5.74, 6) is 0. The van der Waals surface area contributed by atoms with Gasteiger partial charge in [-0.25, -0.2) is 9.78 Å². The summed E-state index contributed by atoms with van der Waals surface area (Å²) in [6.45, 7) is 1.96. The van der Waals surface area contributed by atoms with Crippen molar-refractivity contribution in [1.29, 1.82) is 0 Å². The van der Waals surface area contributed by atoms with Gasteiger partial charge in [0.15, 0.2) is 0 Å². The van der Waals surface area contributed by atoms with E-state index in [-0.39, 0.29) is 27.9 Å². The molecular weight excluding hydrogens is 401 g/mol. The maximum absolute atomic E-state index is 12.8. The number of ether oxygens (including phenoxy) is 1. The summed E-state index contributed by atoms with van der Waals surface area (Å²) in [5, 5.41) is 2.78. The quantitative estimate of drug-likeness (QED) is 0.738. The van der Waals surface area contributed by atoms with Crippen molar-refractivity contribution in [3.05, 3.63) is 58.2 Å². The number of halogens is 4. The number of fused-ring (bicyclic) bond motifs is 1. The lowest BCUT2D eigenvalue weighted by molar-refractivity contribution is -0.137. The number of thioether (sulfide) groups is 1. The fourth-order valence-electron chi connectivity index (χ4n) is 2.94. The third-order valence-corrected chi connectivity index (χ3v) is 5.90. The van der Waals surface area contributed by atoms with E-state index in [1.54, 1.807) is 6.92 Å². The number of aromatic nitrogens is 1. The van der Waals surface area contributed by atoms with Crippen molar-refractivity contribution in [1.82, 2.24) is 10.3 Å². The highest BCUT2D eigenvalue weighted by Crippen LogP contribution is 2.46. The van der Waals surface area contributed by atoms with Crippen LogP contribution in [-0.4, -0.2) is 23.7 Å². The number of benzene rings is 1. The molecule has 4 nitrogen and oxygen atoms in total. The van der Waals surface area contributed by atoms with E-state index in [9.17, 15) is 18.0 Å². The topological polar surface area (TPSA) is 51.2 Å². The standard InChI is InChI=1S/C18H16ClF3N2O2S/c1-2-26-17(25)24-14-7-10-5-3-4-6-12(10)15(14)27-16-13(19)8-11(9-23-16)18(20,21)22/h3-6,8-9,14-15H,2,7H2,1H3,(H,24,25)/t14-,15-/m1/s1. The Morgan fingerprint density at radius 2 is 2.15 bits per heavy atom. The van der Waals surface area contributed by atoms with Crippen LogP contribution in [0.25, 0.3) is 0 Å². The van der Waals surface area contributed by atoms with Crippen molar-refractivity contribution < 1.29 is 22.7 Å². The molecule has 0 fully saturated rings. The number of pyridine rings is 1. The van der Waals surface area contributed by atoms with Crippen LogP contribution in [-0.2, 0) is 17.3 Å². The lowest BCUT2D eigenvalue weighted by Gasteiger charge is -2.21. The summed E-state index contributed by atoms with van der Waals surface area (Å²) in [7, 11) is 0. The van der Waals surface area contributed by atoms with E-state index in [2.05, 4.69) is 10.3 Å². The first-order valence-electron chi connectivity index (χ1n) is 8.20. The first-order chi connectivity index (χ1) is 12.8. The minimum Gasteiger partial charge on any atom is -0.450 e. The lowest BCUT2D eigenvalue weighted by Crippen LogP contribution is -2.37. The first-order valence-corrected chi connectivity index (χ1v) is 9.46. The molecule has 1 aromatic heterocycles. The molecule has 1 N–H and O–H groups in total. The van der Waals surface area contributed by atoms with Gasteiger partial charge in [-0.1, -0.05) is 47.6 Å². The van der Waals surface area contributed by atoms with Gasteiger partial charge in [0.25, 0.3) is 0 Å². The number of alkyl carbamates (subject to hydrolysis) is 1. The molecule has 0 saturated carbocycles. The zero-order valence-corrected chi connectivity index (χ0v) is 15.8. The van der Waals surface area contributed by atoms with Crippen LogP contribution < -0.4 is 5.32 Å². The van der Waals surface area contributed by atoms with Gasteiger partial charge in [-0.15, -0.1) is 0 Å². The Hall–Kier alpha value is -1.93. The smallest absolute Gasteiger partial charge is 0.417 e. The summed E-state index contributed by atoms with van der Waals surface area (Å²) < 4.78 is 43.4. The van der Waals surface area contributed by atoms with Crippen LogP contribution in [0.15, 0.2) is 41.6 Å². The second-order valence-corrected chi connectivity index (χ2v) is 7.46. The number of nitrogens with zero attached hydrogens (tertiary/aromatic N) is 1. The van der Waals surface area contributed by atoms with Crippen LogP contribution in [0.1, 0.15) is 28.9 Å². The molecule has 0 radical (unpaired) electrons. The monoisotopic (exact) mass is 416 g/mol. The Morgan fingerprint density at radius 3 is 2.81 bits per heavy atom. The molecule has 27 heavy (non-hydrogen) atoms. The normalized spacial score (nSPS) is 18.9. The van der Waals surface area contributed by atoms with E-state index in [0.717, 1.165) is 23.4 Å². The molecule has 1 aromatic carbocycles. The Labute approximate surface area is 163 Å². The molecule has 0 aliphatic heterocycles. The predicted molar refractivity (Wildman–Crippen MR) is 96.9 cm³/mol. The summed E-state index contributed by atoms with van der Waals surface area (Å²) in [4.78, 5) is 15.8.